The van der Waals surface area contributed by atoms with E-state index in [0.717, 1.165) is 0 Å². The highest BCUT2D eigenvalue weighted by molar-refractivity contribution is 5.97. The number of carbonyl (C=O) groups is 1. The lowest BCUT2D eigenvalue weighted by molar-refractivity contribution is -0.385. The number of ether oxygens (including phenoxy) is 1. The maximum absolute atomic E-state index is 11.7. The lowest BCUT2D eigenvalue weighted by atomic mass is 9.98. The van der Waals surface area contributed by atoms with Gasteiger partial charge in [0.15, 0.2) is 5.56 Å². The molecule has 0 N–H and O–H groups in total. The summed E-state index contributed by atoms with van der Waals surface area (Å²) in [6, 6.07) is 4.56. The van der Waals surface area contributed by atoms with Crippen LogP contribution in [0.2, 0.25) is 0 Å². The van der Waals surface area contributed by atoms with E-state index in [9.17, 15) is 14.9 Å². The van der Waals surface area contributed by atoms with Gasteiger partial charge in [-0.3, -0.25) is 10.1 Å². The van der Waals surface area contributed by atoms with E-state index >= 15 is 0 Å². The molecule has 6 nitrogen and oxygen atoms in total. The number of carbonyl (C=O) groups excluding carboxylic acids is 1. The van der Waals surface area contributed by atoms with Crippen LogP contribution in [0.5, 0.6) is 0 Å². The van der Waals surface area contributed by atoms with Gasteiger partial charge in [0.1, 0.15) is 6.07 Å². The van der Waals surface area contributed by atoms with Crippen LogP contribution in [0.1, 0.15) is 35.3 Å². The molecule has 0 bridgehead atoms. The SMILES string of the molecule is CCOC(=O)c1c([N+](=O)[O-])ccc(CC)c1C#N. The highest BCUT2D eigenvalue weighted by atomic mass is 16.6. The van der Waals surface area contributed by atoms with Crippen molar-refractivity contribution < 1.29 is 14.5 Å². The van der Waals surface area contributed by atoms with E-state index in [1.54, 1.807) is 13.8 Å². The number of nitro benzene ring substituents is 1. The average molecular weight is 248 g/mol. The topological polar surface area (TPSA) is 93.2 Å². The molecule has 1 rings (SSSR count). The molecular weight excluding hydrogens is 236 g/mol. The van der Waals surface area contributed by atoms with Crippen LogP contribution in [-0.4, -0.2) is 17.5 Å². The van der Waals surface area contributed by atoms with E-state index in [4.69, 9.17) is 10.00 Å². The molecule has 0 aliphatic carbocycles. The first-order valence-electron chi connectivity index (χ1n) is 5.44. The maximum atomic E-state index is 11.7. The summed E-state index contributed by atoms with van der Waals surface area (Å²) in [5.41, 5.74) is -0.0535. The third-order valence-electron chi connectivity index (χ3n) is 2.44. The molecule has 18 heavy (non-hydrogen) atoms. The van der Waals surface area contributed by atoms with Gasteiger partial charge < -0.3 is 4.74 Å². The minimum atomic E-state index is -0.837. The van der Waals surface area contributed by atoms with Crippen molar-refractivity contribution in [1.82, 2.24) is 0 Å². The minimum Gasteiger partial charge on any atom is -0.462 e. The number of nitrogens with zero attached hydrogens (tertiary/aromatic N) is 2. The van der Waals surface area contributed by atoms with Gasteiger partial charge in [-0.05, 0) is 18.9 Å². The second-order valence-corrected chi connectivity index (χ2v) is 3.44. The molecular formula is C12H12N2O4. The van der Waals surface area contributed by atoms with Crippen molar-refractivity contribution in [3.05, 3.63) is 38.9 Å². The molecule has 0 saturated carbocycles. The van der Waals surface area contributed by atoms with Crippen LogP contribution >= 0.6 is 0 Å². The summed E-state index contributed by atoms with van der Waals surface area (Å²) >= 11 is 0. The zero-order chi connectivity index (χ0) is 13.7. The predicted molar refractivity (Wildman–Crippen MR) is 63.1 cm³/mol. The third kappa shape index (κ3) is 2.46. The summed E-state index contributed by atoms with van der Waals surface area (Å²) in [6.45, 7) is 3.49. The molecule has 0 spiro atoms. The van der Waals surface area contributed by atoms with Crippen molar-refractivity contribution >= 4 is 11.7 Å². The fourth-order valence-corrected chi connectivity index (χ4v) is 1.62. The molecule has 0 aliphatic rings. The number of nitro groups is 1. The van der Waals surface area contributed by atoms with Crippen molar-refractivity contribution in [3.63, 3.8) is 0 Å². The van der Waals surface area contributed by atoms with Gasteiger partial charge in [-0.15, -0.1) is 0 Å². The Morgan fingerprint density at radius 3 is 2.61 bits per heavy atom. The highest BCUT2D eigenvalue weighted by Crippen LogP contribution is 2.26. The molecule has 0 aliphatic heterocycles. The Bertz CT molecular complexity index is 532. The zero-order valence-electron chi connectivity index (χ0n) is 10.1. The number of hydrogen-bond acceptors (Lipinski definition) is 5. The van der Waals surface area contributed by atoms with Crippen LogP contribution in [0.15, 0.2) is 12.1 Å². The molecule has 0 amide bonds. The van der Waals surface area contributed by atoms with Crippen molar-refractivity contribution in [2.45, 2.75) is 20.3 Å². The van der Waals surface area contributed by atoms with Crippen LogP contribution in [0.25, 0.3) is 0 Å². The fraction of sp³-hybridized carbons (Fsp3) is 0.333. The number of benzene rings is 1. The number of hydrogen-bond donors (Lipinski definition) is 0. The summed E-state index contributed by atoms with van der Waals surface area (Å²) in [7, 11) is 0. The van der Waals surface area contributed by atoms with Gasteiger partial charge in [0, 0.05) is 6.07 Å². The molecule has 0 atom stereocenters. The van der Waals surface area contributed by atoms with Crippen molar-refractivity contribution in [1.29, 1.82) is 5.26 Å². The first-order chi connectivity index (χ1) is 8.56. The van der Waals surface area contributed by atoms with Crippen LogP contribution < -0.4 is 0 Å². The third-order valence-corrected chi connectivity index (χ3v) is 2.44. The molecule has 0 fully saturated rings. The largest absolute Gasteiger partial charge is 0.462 e. The lowest BCUT2D eigenvalue weighted by Gasteiger charge is -2.08. The molecule has 0 aromatic heterocycles. The second kappa shape index (κ2) is 5.77. The molecule has 94 valence electrons. The zero-order valence-corrected chi connectivity index (χ0v) is 10.1. The summed E-state index contributed by atoms with van der Waals surface area (Å²) in [6.07, 6.45) is 0.507. The standard InChI is InChI=1S/C12H12N2O4/c1-3-8-5-6-10(14(16)17)11(9(8)7-13)12(15)18-4-2/h5-6H,3-4H2,1-2H3. The average Bonchev–Trinajstić information content (AvgIpc) is 2.36. The first kappa shape index (κ1) is 13.6. The molecule has 1 aromatic rings. The Kier molecular flexibility index (Phi) is 4.38. The van der Waals surface area contributed by atoms with Gasteiger partial charge in [-0.1, -0.05) is 13.0 Å². The van der Waals surface area contributed by atoms with Crippen molar-refractivity contribution in [2.75, 3.05) is 6.61 Å². The number of nitriles is 1. The summed E-state index contributed by atoms with van der Waals surface area (Å²) in [5.74, 6) is -0.837. The quantitative estimate of drug-likeness (QED) is 0.462. The Morgan fingerprint density at radius 2 is 2.17 bits per heavy atom. The van der Waals surface area contributed by atoms with E-state index in [0.29, 0.717) is 12.0 Å². The Balaban J connectivity index is 3.54. The van der Waals surface area contributed by atoms with Gasteiger partial charge in [-0.2, -0.15) is 5.26 Å². The minimum absolute atomic E-state index is 0.0187. The van der Waals surface area contributed by atoms with Gasteiger partial charge >= 0.3 is 5.97 Å². The first-order valence-corrected chi connectivity index (χ1v) is 5.44. The number of esters is 1. The molecule has 0 heterocycles. The monoisotopic (exact) mass is 248 g/mol. The molecule has 6 heteroatoms. The Labute approximate surface area is 104 Å². The summed E-state index contributed by atoms with van der Waals surface area (Å²) in [4.78, 5) is 21.9. The summed E-state index contributed by atoms with van der Waals surface area (Å²) < 4.78 is 4.77. The van der Waals surface area contributed by atoms with Crippen molar-refractivity contribution in [3.8, 4) is 6.07 Å². The number of rotatable bonds is 4. The van der Waals surface area contributed by atoms with Crippen LogP contribution in [0.3, 0.4) is 0 Å². The van der Waals surface area contributed by atoms with E-state index in [1.807, 2.05) is 6.07 Å². The smallest absolute Gasteiger partial charge is 0.346 e. The van der Waals surface area contributed by atoms with Crippen LogP contribution in [0, 0.1) is 21.4 Å². The van der Waals surface area contributed by atoms with Gasteiger partial charge in [0.05, 0.1) is 17.1 Å². The van der Waals surface area contributed by atoms with Crippen molar-refractivity contribution in [2.24, 2.45) is 0 Å². The summed E-state index contributed by atoms with van der Waals surface area (Å²) in [5, 5.41) is 20.0. The molecule has 1 aromatic carbocycles. The Morgan fingerprint density at radius 1 is 1.50 bits per heavy atom. The van der Waals surface area contributed by atoms with E-state index in [2.05, 4.69) is 0 Å². The highest BCUT2D eigenvalue weighted by Gasteiger charge is 2.27. The fourth-order valence-electron chi connectivity index (χ4n) is 1.62. The van der Waals surface area contributed by atoms with Crippen LogP contribution in [0.4, 0.5) is 5.69 Å². The van der Waals surface area contributed by atoms with E-state index in [1.165, 1.54) is 12.1 Å². The molecule has 0 unspecified atom stereocenters. The number of aryl methyl sites for hydroxylation is 1. The van der Waals surface area contributed by atoms with E-state index < -0.39 is 16.6 Å². The Hall–Kier alpha value is -2.42. The van der Waals surface area contributed by atoms with Crippen LogP contribution in [-0.2, 0) is 11.2 Å². The van der Waals surface area contributed by atoms with Gasteiger partial charge in [-0.25, -0.2) is 4.79 Å². The van der Waals surface area contributed by atoms with Gasteiger partial charge in [0.25, 0.3) is 5.69 Å². The second-order valence-electron chi connectivity index (χ2n) is 3.44. The van der Waals surface area contributed by atoms with Gasteiger partial charge in [0.2, 0.25) is 0 Å². The van der Waals surface area contributed by atoms with E-state index in [-0.39, 0.29) is 17.7 Å². The lowest BCUT2D eigenvalue weighted by Crippen LogP contribution is -2.12. The predicted octanol–water partition coefficient (Wildman–Crippen LogP) is 2.21. The maximum Gasteiger partial charge on any atom is 0.346 e. The molecule has 0 radical (unpaired) electrons. The normalized spacial score (nSPS) is 9.61. The molecule has 0 saturated heterocycles.